The van der Waals surface area contributed by atoms with Crippen molar-refractivity contribution in [3.05, 3.63) is 29.3 Å². The average Bonchev–Trinajstić information content (AvgIpc) is 2.08. The largest absolute Gasteiger partial charge is 0.359 e. The molecule has 1 heterocycles. The number of fused-ring (bicyclic) bond motifs is 1. The van der Waals surface area contributed by atoms with Crippen molar-refractivity contribution in [3.63, 3.8) is 0 Å². The molecule has 0 aliphatic carbocycles. The number of aliphatic imine (C=N–C) groups is 1. The monoisotopic (exact) mass is 174 g/mol. The Hall–Kier alpha value is -1.31. The first-order valence-corrected chi connectivity index (χ1v) is 4.53. The van der Waals surface area contributed by atoms with E-state index in [1.807, 2.05) is 6.92 Å². The summed E-state index contributed by atoms with van der Waals surface area (Å²) in [5.74, 6) is 1.10. The molecule has 0 aromatic heterocycles. The molecule has 0 amide bonds. The Labute approximate surface area is 78.9 Å². The first-order chi connectivity index (χ1) is 6.16. The second-order valence-electron chi connectivity index (χ2n) is 3.65. The highest BCUT2D eigenvalue weighted by atomic mass is 15.2. The molecule has 1 aliphatic heterocycles. The molecular formula is C11H14N2. The number of benzene rings is 1. The van der Waals surface area contributed by atoms with E-state index in [2.05, 4.69) is 42.1 Å². The van der Waals surface area contributed by atoms with E-state index in [0.717, 1.165) is 18.1 Å². The summed E-state index contributed by atoms with van der Waals surface area (Å²) in [4.78, 5) is 6.69. The predicted octanol–water partition coefficient (Wildman–Crippen LogP) is 2.49. The molecule has 0 radical (unpaired) electrons. The summed E-state index contributed by atoms with van der Waals surface area (Å²) < 4.78 is 0. The summed E-state index contributed by atoms with van der Waals surface area (Å²) in [7, 11) is 2.07. The Bertz CT molecular complexity index is 366. The van der Waals surface area contributed by atoms with Gasteiger partial charge >= 0.3 is 0 Å². The molecule has 0 spiro atoms. The van der Waals surface area contributed by atoms with E-state index >= 15 is 0 Å². The highest BCUT2D eigenvalue weighted by Gasteiger charge is 2.12. The summed E-state index contributed by atoms with van der Waals surface area (Å²) in [5.41, 5.74) is 3.73. The van der Waals surface area contributed by atoms with Crippen molar-refractivity contribution >= 4 is 11.5 Å². The molecule has 0 atom stereocenters. The van der Waals surface area contributed by atoms with Crippen LogP contribution in [0.15, 0.2) is 23.2 Å². The molecule has 1 aromatic rings. The van der Waals surface area contributed by atoms with Gasteiger partial charge in [0, 0.05) is 13.6 Å². The molecule has 0 saturated carbocycles. The van der Waals surface area contributed by atoms with Crippen molar-refractivity contribution in [2.75, 3.05) is 7.05 Å². The first-order valence-electron chi connectivity index (χ1n) is 4.53. The third-order valence-corrected chi connectivity index (χ3v) is 2.48. The van der Waals surface area contributed by atoms with Crippen LogP contribution in [-0.4, -0.2) is 17.8 Å². The number of hydrogen-bond acceptors (Lipinski definition) is 2. The van der Waals surface area contributed by atoms with Crippen molar-refractivity contribution < 1.29 is 0 Å². The predicted molar refractivity (Wildman–Crippen MR) is 55.4 cm³/mol. The van der Waals surface area contributed by atoms with Crippen LogP contribution in [0.1, 0.15) is 18.1 Å². The fourth-order valence-electron chi connectivity index (χ4n) is 1.54. The van der Waals surface area contributed by atoms with Crippen molar-refractivity contribution in [1.29, 1.82) is 0 Å². The summed E-state index contributed by atoms with van der Waals surface area (Å²) in [6.07, 6.45) is 0. The van der Waals surface area contributed by atoms with Crippen molar-refractivity contribution in [2.45, 2.75) is 20.4 Å². The van der Waals surface area contributed by atoms with E-state index in [9.17, 15) is 0 Å². The van der Waals surface area contributed by atoms with Crippen LogP contribution in [0.25, 0.3) is 0 Å². The number of hydrogen-bond donors (Lipinski definition) is 0. The van der Waals surface area contributed by atoms with Crippen LogP contribution in [0.3, 0.4) is 0 Å². The summed E-state index contributed by atoms with van der Waals surface area (Å²) in [5, 5.41) is 0. The lowest BCUT2D eigenvalue weighted by molar-refractivity contribution is 0.490. The Balaban J connectivity index is 2.51. The number of nitrogens with zero attached hydrogens (tertiary/aromatic N) is 2. The van der Waals surface area contributed by atoms with Crippen LogP contribution in [0.5, 0.6) is 0 Å². The molecule has 68 valence electrons. The van der Waals surface area contributed by atoms with Crippen LogP contribution < -0.4 is 0 Å². The lowest BCUT2D eigenvalue weighted by Crippen LogP contribution is -2.26. The van der Waals surface area contributed by atoms with Gasteiger partial charge in [-0.1, -0.05) is 12.1 Å². The zero-order chi connectivity index (χ0) is 9.42. The van der Waals surface area contributed by atoms with E-state index < -0.39 is 0 Å². The van der Waals surface area contributed by atoms with Gasteiger partial charge < -0.3 is 4.90 Å². The molecule has 0 fully saturated rings. The van der Waals surface area contributed by atoms with Crippen LogP contribution in [0, 0.1) is 6.92 Å². The first kappa shape index (κ1) is 8.30. The molecule has 1 aromatic carbocycles. The van der Waals surface area contributed by atoms with Gasteiger partial charge in [-0.05, 0) is 31.0 Å². The van der Waals surface area contributed by atoms with E-state index in [4.69, 9.17) is 0 Å². The summed E-state index contributed by atoms with van der Waals surface area (Å²) >= 11 is 0. The van der Waals surface area contributed by atoms with Crippen molar-refractivity contribution in [3.8, 4) is 0 Å². The molecule has 2 rings (SSSR count). The van der Waals surface area contributed by atoms with Crippen LogP contribution >= 0.6 is 0 Å². The van der Waals surface area contributed by atoms with Gasteiger partial charge in [-0.25, -0.2) is 4.99 Å². The molecule has 13 heavy (non-hydrogen) atoms. The molecule has 0 unspecified atom stereocenters. The molecular weight excluding hydrogens is 160 g/mol. The second kappa shape index (κ2) is 2.87. The quantitative estimate of drug-likeness (QED) is 0.590. The number of amidine groups is 1. The van der Waals surface area contributed by atoms with E-state index in [1.54, 1.807) is 0 Å². The minimum Gasteiger partial charge on any atom is -0.359 e. The normalized spacial score (nSPS) is 15.3. The molecule has 2 nitrogen and oxygen atoms in total. The molecule has 0 bridgehead atoms. The van der Waals surface area contributed by atoms with Gasteiger partial charge in [0.15, 0.2) is 0 Å². The van der Waals surface area contributed by atoms with E-state index in [1.165, 1.54) is 11.1 Å². The zero-order valence-corrected chi connectivity index (χ0v) is 8.33. The van der Waals surface area contributed by atoms with E-state index in [0.29, 0.717) is 0 Å². The topological polar surface area (TPSA) is 15.6 Å². The van der Waals surface area contributed by atoms with Crippen LogP contribution in [-0.2, 0) is 6.54 Å². The van der Waals surface area contributed by atoms with Gasteiger partial charge in [0.25, 0.3) is 0 Å². The Morgan fingerprint density at radius 2 is 2.08 bits per heavy atom. The molecule has 0 saturated heterocycles. The molecule has 2 heteroatoms. The highest BCUT2D eigenvalue weighted by molar-refractivity contribution is 5.84. The van der Waals surface area contributed by atoms with Gasteiger partial charge in [-0.2, -0.15) is 0 Å². The van der Waals surface area contributed by atoms with Crippen molar-refractivity contribution in [1.82, 2.24) is 4.90 Å². The lowest BCUT2D eigenvalue weighted by Gasteiger charge is -2.24. The standard InChI is InChI=1S/C11H14N2/c1-8-4-5-10-7-13(3)9(2)12-11(10)6-8/h4-6H,7H2,1-3H3. The Morgan fingerprint density at radius 1 is 1.31 bits per heavy atom. The molecule has 0 N–H and O–H groups in total. The number of rotatable bonds is 0. The SMILES string of the molecule is CC1=Nc2cc(C)ccc2CN1C. The minimum absolute atomic E-state index is 0.977. The smallest absolute Gasteiger partial charge is 0.102 e. The average molecular weight is 174 g/mol. The van der Waals surface area contributed by atoms with Gasteiger partial charge in [-0.3, -0.25) is 0 Å². The fourth-order valence-corrected chi connectivity index (χ4v) is 1.54. The maximum atomic E-state index is 4.53. The van der Waals surface area contributed by atoms with Crippen molar-refractivity contribution in [2.24, 2.45) is 4.99 Å². The zero-order valence-electron chi connectivity index (χ0n) is 8.33. The maximum absolute atomic E-state index is 4.53. The Morgan fingerprint density at radius 3 is 2.85 bits per heavy atom. The maximum Gasteiger partial charge on any atom is 0.102 e. The van der Waals surface area contributed by atoms with Crippen LogP contribution in [0.4, 0.5) is 5.69 Å². The third kappa shape index (κ3) is 1.44. The fraction of sp³-hybridized carbons (Fsp3) is 0.364. The van der Waals surface area contributed by atoms with Gasteiger partial charge in [-0.15, -0.1) is 0 Å². The lowest BCUT2D eigenvalue weighted by atomic mass is 10.1. The molecule has 1 aliphatic rings. The second-order valence-corrected chi connectivity index (χ2v) is 3.65. The van der Waals surface area contributed by atoms with Gasteiger partial charge in [0.2, 0.25) is 0 Å². The highest BCUT2D eigenvalue weighted by Crippen LogP contribution is 2.26. The summed E-state index contributed by atoms with van der Waals surface area (Å²) in [6.45, 7) is 5.12. The number of aryl methyl sites for hydroxylation is 1. The van der Waals surface area contributed by atoms with E-state index in [-0.39, 0.29) is 0 Å². The van der Waals surface area contributed by atoms with Gasteiger partial charge in [0.1, 0.15) is 5.84 Å². The minimum atomic E-state index is 0.977. The summed E-state index contributed by atoms with van der Waals surface area (Å²) in [6, 6.07) is 6.45. The Kier molecular flexibility index (Phi) is 1.83. The third-order valence-electron chi connectivity index (χ3n) is 2.48. The van der Waals surface area contributed by atoms with Gasteiger partial charge in [0.05, 0.1) is 5.69 Å². The van der Waals surface area contributed by atoms with Crippen LogP contribution in [0.2, 0.25) is 0 Å².